The number of anilines is 1. The van der Waals surface area contributed by atoms with Gasteiger partial charge in [-0.15, -0.1) is 0 Å². The van der Waals surface area contributed by atoms with E-state index in [9.17, 15) is 20.2 Å². The van der Waals surface area contributed by atoms with Crippen LogP contribution in [0.2, 0.25) is 5.15 Å². The molecular weight excluding hydrogens is 654 g/mol. The van der Waals surface area contributed by atoms with E-state index in [1.54, 1.807) is 36.4 Å². The van der Waals surface area contributed by atoms with Crippen molar-refractivity contribution in [2.24, 2.45) is 0 Å². The van der Waals surface area contributed by atoms with Gasteiger partial charge in [-0.05, 0) is 76.7 Å². The molecule has 0 aliphatic heterocycles. The van der Waals surface area contributed by atoms with Crippen LogP contribution in [0.5, 0.6) is 0 Å². The van der Waals surface area contributed by atoms with Crippen LogP contribution in [0.15, 0.2) is 108 Å². The number of carbonyl (C=O) groups is 1. The molecule has 8 nitrogen and oxygen atoms in total. The third kappa shape index (κ3) is 7.24. The second kappa shape index (κ2) is 14.7. The van der Waals surface area contributed by atoms with Gasteiger partial charge in [-0.1, -0.05) is 102 Å². The highest BCUT2D eigenvalue weighted by atomic mass is 35.5. The number of benzene rings is 5. The van der Waals surface area contributed by atoms with Gasteiger partial charge >= 0.3 is 0 Å². The number of nitrogens with zero attached hydrogens (tertiary/aromatic N) is 4. The number of nitro benzene ring substituents is 1. The number of thiazole rings is 1. The summed E-state index contributed by atoms with van der Waals surface area (Å²) in [4.78, 5) is 30.5. The Morgan fingerprint density at radius 3 is 2.06 bits per heavy atom. The molecule has 240 valence electrons. The van der Waals surface area contributed by atoms with E-state index in [0.717, 1.165) is 27.7 Å². The highest BCUT2D eigenvalue weighted by Gasteiger charge is 2.32. The van der Waals surface area contributed by atoms with Crippen molar-refractivity contribution in [2.45, 2.75) is 20.8 Å². The largest absolute Gasteiger partial charge is 0.375 e. The predicted octanol–water partition coefficient (Wildman–Crippen LogP) is 10.3. The molecule has 0 amide bonds. The van der Waals surface area contributed by atoms with Crippen LogP contribution in [-0.2, 0) is 0 Å². The fourth-order valence-corrected chi connectivity index (χ4v) is 6.53. The summed E-state index contributed by atoms with van der Waals surface area (Å²) < 4.78 is 0. The molecule has 1 aliphatic rings. The number of ketones is 1. The number of aryl methyl sites for hydroxylation is 3. The molecule has 0 radical (unpaired) electrons. The number of hydrogen-bond acceptors (Lipinski definition) is 7. The van der Waals surface area contributed by atoms with Crippen molar-refractivity contribution in [3.05, 3.63) is 168 Å². The lowest BCUT2D eigenvalue weighted by Gasteiger charge is -2.03. The minimum absolute atomic E-state index is 0.136. The minimum atomic E-state index is -0.373. The van der Waals surface area contributed by atoms with E-state index in [1.807, 2.05) is 31.2 Å². The van der Waals surface area contributed by atoms with Gasteiger partial charge in [-0.2, -0.15) is 0 Å². The molecule has 0 fully saturated rings. The van der Waals surface area contributed by atoms with E-state index in [1.165, 1.54) is 34.0 Å². The second-order valence-electron chi connectivity index (χ2n) is 11.1. The molecule has 6 aromatic rings. The number of nitrogens with two attached hydrogens (primary N) is 1. The molecule has 1 aromatic heterocycles. The van der Waals surface area contributed by atoms with Crippen molar-refractivity contribution in [1.82, 2.24) is 4.98 Å². The first-order chi connectivity index (χ1) is 23.5. The van der Waals surface area contributed by atoms with Crippen LogP contribution >= 0.6 is 22.9 Å². The molecule has 0 atom stereocenters. The molecular formula is C39H28ClN5O3S. The van der Waals surface area contributed by atoms with Gasteiger partial charge in [0.05, 0.1) is 22.4 Å². The average molecular weight is 682 g/mol. The Kier molecular flexibility index (Phi) is 10.3. The number of nitriles is 1. The number of rotatable bonds is 2. The number of non-ortho nitro benzene ring substituents is 1. The Hall–Kier alpha value is -6.13. The zero-order valence-electron chi connectivity index (χ0n) is 26.7. The zero-order chi connectivity index (χ0) is 35.2. The van der Waals surface area contributed by atoms with E-state index in [0.29, 0.717) is 21.6 Å². The summed E-state index contributed by atoms with van der Waals surface area (Å²) in [6.45, 7) is 13.5. The van der Waals surface area contributed by atoms with Crippen LogP contribution in [0.4, 0.5) is 10.8 Å². The number of allylic oxidation sites excluding steroid dienone is 3. The molecule has 0 spiro atoms. The molecule has 0 saturated carbocycles. The van der Waals surface area contributed by atoms with Gasteiger partial charge < -0.3 is 5.73 Å². The van der Waals surface area contributed by atoms with E-state index < -0.39 is 0 Å². The van der Waals surface area contributed by atoms with E-state index in [2.05, 4.69) is 60.1 Å². The smallest absolute Gasteiger partial charge is 0.270 e. The van der Waals surface area contributed by atoms with Crippen molar-refractivity contribution in [3.63, 3.8) is 0 Å². The topological polar surface area (TPSA) is 127 Å². The number of carbonyl (C=O) groups excluding carboxylic acids is 1. The SMILES string of the molecule is Cc1cccc2c(C)cccc12.Cc1cccc2cc([N+](=O)[O-])ccc12.[C-]#[N+]/C(C#N)=C1/C(=Cc2sc(N)nc2Cl)C(=O)c2ccccc21. The van der Waals surface area contributed by atoms with Crippen LogP contribution in [-0.4, -0.2) is 15.7 Å². The third-order valence-electron chi connectivity index (χ3n) is 7.96. The molecule has 5 aromatic carbocycles. The van der Waals surface area contributed by atoms with Crippen LogP contribution in [0.25, 0.3) is 38.0 Å². The van der Waals surface area contributed by atoms with Crippen molar-refractivity contribution >= 4 is 72.7 Å². The summed E-state index contributed by atoms with van der Waals surface area (Å²) in [5.41, 5.74) is 11.1. The molecule has 0 unspecified atom stereocenters. The monoisotopic (exact) mass is 681 g/mol. The molecule has 1 heterocycles. The number of aromatic nitrogens is 1. The van der Waals surface area contributed by atoms with Gasteiger partial charge in [0.15, 0.2) is 10.9 Å². The first-order valence-corrected chi connectivity index (χ1v) is 16.1. The first kappa shape index (κ1) is 34.2. The maximum absolute atomic E-state index is 12.7. The third-order valence-corrected chi connectivity index (χ3v) is 9.19. The average Bonchev–Trinajstić information content (AvgIpc) is 3.56. The van der Waals surface area contributed by atoms with Gasteiger partial charge in [0.2, 0.25) is 0 Å². The van der Waals surface area contributed by atoms with Crippen LogP contribution in [0, 0.1) is 48.8 Å². The van der Waals surface area contributed by atoms with Gasteiger partial charge in [0.25, 0.3) is 11.4 Å². The van der Waals surface area contributed by atoms with Crippen molar-refractivity contribution < 1.29 is 9.72 Å². The Labute approximate surface area is 292 Å². The standard InChI is InChI=1S/C16H7ClN4OS.C12H12.C11H9NO2/c1-20-11(7-18)13-8-4-2-3-5-9(8)14(22)10(13)6-12-15(17)21-16(19)23-12;1-9-5-3-8-12-10(2)6-4-7-11(9)12;1-8-3-2-4-9-7-10(12(13)14)5-6-11(8)9/h2-6H,(H2,19,21);3-8H,1-2H3;2-7H,1H3/b10-6?,13-11+;;. The van der Waals surface area contributed by atoms with Gasteiger partial charge in [-0.3, -0.25) is 14.9 Å². The number of hydrogen-bond donors (Lipinski definition) is 1. The van der Waals surface area contributed by atoms with E-state index >= 15 is 0 Å². The highest BCUT2D eigenvalue weighted by Crippen LogP contribution is 2.41. The molecule has 1 aliphatic carbocycles. The predicted molar refractivity (Wildman–Crippen MR) is 198 cm³/mol. The summed E-state index contributed by atoms with van der Waals surface area (Å²) in [6.07, 6.45) is 1.54. The Balaban J connectivity index is 0.000000154. The minimum Gasteiger partial charge on any atom is -0.375 e. The summed E-state index contributed by atoms with van der Waals surface area (Å²) in [7, 11) is 0. The number of nitro groups is 1. The molecule has 2 N–H and O–H groups in total. The zero-order valence-corrected chi connectivity index (χ0v) is 28.3. The quantitative estimate of drug-likeness (QED) is 0.0637. The lowest BCUT2D eigenvalue weighted by atomic mass is 10.0. The maximum Gasteiger partial charge on any atom is 0.270 e. The number of nitrogen functional groups attached to an aromatic ring is 1. The van der Waals surface area contributed by atoms with Crippen molar-refractivity contribution in [3.8, 4) is 6.07 Å². The van der Waals surface area contributed by atoms with Gasteiger partial charge in [0, 0.05) is 28.8 Å². The van der Waals surface area contributed by atoms with Crippen LogP contribution in [0.1, 0.15) is 37.5 Å². The lowest BCUT2D eigenvalue weighted by molar-refractivity contribution is -0.384. The molecule has 0 bridgehead atoms. The molecule has 49 heavy (non-hydrogen) atoms. The fourth-order valence-electron chi connectivity index (χ4n) is 5.55. The lowest BCUT2D eigenvalue weighted by Crippen LogP contribution is -1.95. The van der Waals surface area contributed by atoms with Crippen LogP contribution < -0.4 is 5.73 Å². The summed E-state index contributed by atoms with van der Waals surface area (Å²) in [6, 6.07) is 32.3. The second-order valence-corrected chi connectivity index (χ2v) is 12.5. The van der Waals surface area contributed by atoms with Gasteiger partial charge in [-0.25, -0.2) is 15.1 Å². The Bertz CT molecular complexity index is 2370. The highest BCUT2D eigenvalue weighted by molar-refractivity contribution is 7.16. The van der Waals surface area contributed by atoms with E-state index in [-0.39, 0.29) is 37.9 Å². The Morgan fingerprint density at radius 2 is 1.51 bits per heavy atom. The van der Waals surface area contributed by atoms with Crippen molar-refractivity contribution in [2.75, 3.05) is 5.73 Å². The molecule has 7 rings (SSSR count). The molecule has 10 heteroatoms. The molecule has 0 saturated heterocycles. The summed E-state index contributed by atoms with van der Waals surface area (Å²) in [5, 5.41) is 25.0. The van der Waals surface area contributed by atoms with Crippen molar-refractivity contribution in [1.29, 1.82) is 5.26 Å². The summed E-state index contributed by atoms with van der Waals surface area (Å²) in [5.74, 6) is -0.255. The van der Waals surface area contributed by atoms with Crippen LogP contribution in [0.3, 0.4) is 0 Å². The number of Topliss-reactive ketones (excluding diaryl/α,β-unsaturated/α-hetero) is 1. The summed E-state index contributed by atoms with van der Waals surface area (Å²) >= 11 is 7.13. The van der Waals surface area contributed by atoms with Gasteiger partial charge in [0.1, 0.15) is 5.15 Å². The first-order valence-electron chi connectivity index (χ1n) is 14.9. The fraction of sp³-hybridized carbons (Fsp3) is 0.0769. The normalized spacial score (nSPS) is 13.4. The number of fused-ring (bicyclic) bond motifs is 3. The van der Waals surface area contributed by atoms with E-state index in [4.69, 9.17) is 23.9 Å². The Morgan fingerprint density at radius 1 is 0.918 bits per heavy atom. The maximum atomic E-state index is 12.7. The number of halogens is 1.